The summed E-state index contributed by atoms with van der Waals surface area (Å²) in [7, 11) is -0.968. The molecular weight excluding hydrogens is 419 g/mol. The predicted octanol–water partition coefficient (Wildman–Crippen LogP) is 2.67. The number of nitrogen functional groups attached to an aromatic ring is 1. The zero-order chi connectivity index (χ0) is 22.3. The average molecular weight is 441 g/mol. The third-order valence-corrected chi connectivity index (χ3v) is 7.10. The minimum absolute atomic E-state index is 0.109. The molecule has 1 aromatic heterocycles. The normalized spacial score (nSPS) is 13.7. The molecule has 1 aliphatic rings. The smallest absolute Gasteiger partial charge is 0.251 e. The van der Waals surface area contributed by atoms with Gasteiger partial charge in [0.1, 0.15) is 11.6 Å². The van der Waals surface area contributed by atoms with Crippen LogP contribution < -0.4 is 11.1 Å². The molecule has 2 heterocycles. The van der Waals surface area contributed by atoms with Gasteiger partial charge in [0.25, 0.3) is 5.91 Å². The molecule has 9 heteroatoms. The number of nitrogens with two attached hydrogens (primary N) is 1. The number of aromatic nitrogens is 1. The van der Waals surface area contributed by atoms with Gasteiger partial charge in [-0.3, -0.25) is 4.79 Å². The Labute approximate surface area is 179 Å². The van der Waals surface area contributed by atoms with Crippen LogP contribution in [0, 0.1) is 5.82 Å². The number of amides is 1. The first kappa shape index (κ1) is 21.0. The number of anilines is 1. The van der Waals surface area contributed by atoms with E-state index in [1.807, 2.05) is 6.07 Å². The first-order valence-corrected chi connectivity index (χ1v) is 11.0. The number of nitrogens with zero attached hydrogens (tertiary/aromatic N) is 2. The van der Waals surface area contributed by atoms with Crippen LogP contribution in [0.5, 0.6) is 0 Å². The monoisotopic (exact) mass is 440 g/mol. The Morgan fingerprint density at radius 3 is 2.48 bits per heavy atom. The quantitative estimate of drug-likeness (QED) is 0.649. The lowest BCUT2D eigenvalue weighted by Gasteiger charge is -2.18. The van der Waals surface area contributed by atoms with E-state index in [9.17, 15) is 17.6 Å². The predicted molar refractivity (Wildman–Crippen MR) is 116 cm³/mol. The van der Waals surface area contributed by atoms with Gasteiger partial charge in [-0.2, -0.15) is 0 Å². The van der Waals surface area contributed by atoms with Crippen molar-refractivity contribution in [1.82, 2.24) is 14.6 Å². The summed E-state index contributed by atoms with van der Waals surface area (Å²) in [5, 5.41) is 2.80. The molecule has 4 rings (SSSR count). The Morgan fingerprint density at radius 2 is 1.77 bits per heavy atom. The molecule has 0 bridgehead atoms. The molecule has 0 aliphatic carbocycles. The van der Waals surface area contributed by atoms with Crippen LogP contribution in [0.4, 0.5) is 10.2 Å². The maximum Gasteiger partial charge on any atom is 0.251 e. The molecule has 3 N–H and O–H groups in total. The number of pyridine rings is 1. The first-order valence-electron chi connectivity index (χ1n) is 9.58. The van der Waals surface area contributed by atoms with E-state index in [0.29, 0.717) is 29.7 Å². The molecule has 7 nitrogen and oxygen atoms in total. The van der Waals surface area contributed by atoms with Crippen LogP contribution in [-0.4, -0.2) is 44.3 Å². The summed E-state index contributed by atoms with van der Waals surface area (Å²) < 4.78 is 40.4. The number of halogens is 1. The van der Waals surface area contributed by atoms with Crippen LogP contribution in [-0.2, 0) is 16.4 Å². The van der Waals surface area contributed by atoms with Crippen LogP contribution in [0.3, 0.4) is 0 Å². The fourth-order valence-corrected chi connectivity index (χ4v) is 4.46. The van der Waals surface area contributed by atoms with Crippen LogP contribution in [0.25, 0.3) is 22.3 Å². The average Bonchev–Trinajstić information content (AvgIpc) is 2.74. The molecule has 1 aliphatic heterocycles. The van der Waals surface area contributed by atoms with E-state index in [0.717, 1.165) is 21.5 Å². The van der Waals surface area contributed by atoms with E-state index < -0.39 is 15.8 Å². The molecule has 0 fully saturated rings. The first-order chi connectivity index (χ1) is 14.7. The number of nitrogens with one attached hydrogen (secondary N) is 1. The maximum absolute atomic E-state index is 14.8. The Hall–Kier alpha value is -3.30. The standard InChI is InChI=1S/C22H21FN4O3S/c1-27(2)31(29,30)16-4-6-17(20(23)11-16)15-10-19(21(24)26-12-15)13-3-5-18-14(9-13)7-8-25-22(18)28/h3-6,9-12H,7-8H2,1-2H3,(H2,24,26)(H,25,28). The number of hydrogen-bond donors (Lipinski definition) is 2. The molecule has 0 saturated carbocycles. The van der Waals surface area contributed by atoms with Crippen molar-refractivity contribution in [2.24, 2.45) is 0 Å². The molecule has 1 amide bonds. The Bertz CT molecular complexity index is 1310. The number of carbonyl (C=O) groups is 1. The maximum atomic E-state index is 14.8. The summed E-state index contributed by atoms with van der Waals surface area (Å²) in [4.78, 5) is 16.1. The van der Waals surface area contributed by atoms with Crippen molar-refractivity contribution < 1.29 is 17.6 Å². The van der Waals surface area contributed by atoms with E-state index in [-0.39, 0.29) is 22.2 Å². The van der Waals surface area contributed by atoms with E-state index in [1.165, 1.54) is 32.4 Å². The van der Waals surface area contributed by atoms with Crippen molar-refractivity contribution in [3.63, 3.8) is 0 Å². The summed E-state index contributed by atoms with van der Waals surface area (Å²) in [6.45, 7) is 0.566. The van der Waals surface area contributed by atoms with Gasteiger partial charge in [-0.25, -0.2) is 22.1 Å². The van der Waals surface area contributed by atoms with Gasteiger partial charge in [0.05, 0.1) is 4.90 Å². The highest BCUT2D eigenvalue weighted by molar-refractivity contribution is 7.89. The summed E-state index contributed by atoms with van der Waals surface area (Å²) in [5.41, 5.74) is 9.68. The van der Waals surface area contributed by atoms with Gasteiger partial charge in [-0.1, -0.05) is 18.2 Å². The molecule has 0 radical (unpaired) electrons. The van der Waals surface area contributed by atoms with E-state index in [1.54, 1.807) is 18.2 Å². The highest BCUT2D eigenvalue weighted by Gasteiger charge is 2.21. The van der Waals surface area contributed by atoms with Crippen molar-refractivity contribution >= 4 is 21.7 Å². The Morgan fingerprint density at radius 1 is 1.03 bits per heavy atom. The van der Waals surface area contributed by atoms with Gasteiger partial charge in [-0.05, 0) is 41.8 Å². The van der Waals surface area contributed by atoms with Gasteiger partial charge in [0.2, 0.25) is 10.0 Å². The number of fused-ring (bicyclic) bond motifs is 1. The fourth-order valence-electron chi connectivity index (χ4n) is 3.55. The van der Waals surface area contributed by atoms with Gasteiger partial charge in [0.15, 0.2) is 0 Å². The third-order valence-electron chi connectivity index (χ3n) is 5.29. The van der Waals surface area contributed by atoms with E-state index in [4.69, 9.17) is 5.73 Å². The summed E-state index contributed by atoms with van der Waals surface area (Å²) in [6.07, 6.45) is 2.15. The van der Waals surface area contributed by atoms with Crippen LogP contribution in [0.2, 0.25) is 0 Å². The molecule has 160 valence electrons. The zero-order valence-electron chi connectivity index (χ0n) is 17.0. The second kappa shape index (κ2) is 7.75. The summed E-state index contributed by atoms with van der Waals surface area (Å²) in [6, 6.07) is 10.9. The Kier molecular flexibility index (Phi) is 5.24. The molecular formula is C22H21FN4O3S. The van der Waals surface area contributed by atoms with Crippen molar-refractivity contribution in [3.8, 4) is 22.3 Å². The van der Waals surface area contributed by atoms with E-state index in [2.05, 4.69) is 10.3 Å². The highest BCUT2D eigenvalue weighted by atomic mass is 32.2. The lowest BCUT2D eigenvalue weighted by atomic mass is 9.94. The lowest BCUT2D eigenvalue weighted by molar-refractivity contribution is 0.0946. The van der Waals surface area contributed by atoms with Gasteiger partial charge < -0.3 is 11.1 Å². The van der Waals surface area contributed by atoms with Gasteiger partial charge in [-0.15, -0.1) is 0 Å². The fraction of sp³-hybridized carbons (Fsp3) is 0.182. The zero-order valence-corrected chi connectivity index (χ0v) is 17.8. The Balaban J connectivity index is 1.76. The molecule has 2 aromatic carbocycles. The molecule has 0 saturated heterocycles. The number of hydrogen-bond acceptors (Lipinski definition) is 5. The van der Waals surface area contributed by atoms with Gasteiger partial charge in [0, 0.05) is 49.1 Å². The largest absolute Gasteiger partial charge is 0.383 e. The number of rotatable bonds is 4. The van der Waals surface area contributed by atoms with Crippen molar-refractivity contribution in [2.75, 3.05) is 26.4 Å². The lowest BCUT2D eigenvalue weighted by Crippen LogP contribution is -2.31. The van der Waals surface area contributed by atoms with Crippen molar-refractivity contribution in [3.05, 3.63) is 65.6 Å². The van der Waals surface area contributed by atoms with Crippen molar-refractivity contribution in [2.45, 2.75) is 11.3 Å². The molecule has 31 heavy (non-hydrogen) atoms. The number of carbonyl (C=O) groups excluding carboxylic acids is 1. The highest BCUT2D eigenvalue weighted by Crippen LogP contribution is 2.33. The number of sulfonamides is 1. The summed E-state index contributed by atoms with van der Waals surface area (Å²) in [5.74, 6) is -0.513. The molecule has 0 spiro atoms. The third kappa shape index (κ3) is 3.77. The van der Waals surface area contributed by atoms with Crippen molar-refractivity contribution in [1.29, 1.82) is 0 Å². The minimum Gasteiger partial charge on any atom is -0.383 e. The SMILES string of the molecule is CN(C)S(=O)(=O)c1ccc(-c2cnc(N)c(-c3ccc4c(c3)CCNC4=O)c2)c(F)c1. The van der Waals surface area contributed by atoms with Gasteiger partial charge >= 0.3 is 0 Å². The molecule has 3 aromatic rings. The van der Waals surface area contributed by atoms with Crippen LogP contribution >= 0.6 is 0 Å². The minimum atomic E-state index is -3.74. The van der Waals surface area contributed by atoms with Crippen LogP contribution in [0.1, 0.15) is 15.9 Å². The topological polar surface area (TPSA) is 105 Å². The van der Waals surface area contributed by atoms with Crippen LogP contribution in [0.15, 0.2) is 53.6 Å². The van der Waals surface area contributed by atoms with E-state index >= 15 is 0 Å². The molecule has 0 unspecified atom stereocenters. The second-order valence-electron chi connectivity index (χ2n) is 7.46. The number of benzene rings is 2. The molecule has 0 atom stereocenters. The summed E-state index contributed by atoms with van der Waals surface area (Å²) >= 11 is 0. The second-order valence-corrected chi connectivity index (χ2v) is 9.62.